The number of unbranched alkanes of at least 4 members (excludes halogenated alkanes) is 1. The zero-order valence-electron chi connectivity index (χ0n) is 11.3. The molecule has 0 N–H and O–H groups in total. The van der Waals surface area contributed by atoms with Gasteiger partial charge in [0, 0.05) is 6.42 Å². The van der Waals surface area contributed by atoms with Crippen molar-refractivity contribution in [3.05, 3.63) is 35.9 Å². The fourth-order valence-electron chi connectivity index (χ4n) is 2.00. The van der Waals surface area contributed by atoms with Crippen molar-refractivity contribution >= 4 is 6.16 Å². The highest BCUT2D eigenvalue weighted by atomic mass is 16.8. The van der Waals surface area contributed by atoms with Crippen molar-refractivity contribution in [2.75, 3.05) is 13.2 Å². The van der Waals surface area contributed by atoms with Gasteiger partial charge in [0.25, 0.3) is 0 Å². The number of ether oxygens (including phenoxy) is 3. The number of hydrogen-bond acceptors (Lipinski definition) is 4. The van der Waals surface area contributed by atoms with Crippen LogP contribution in [0.2, 0.25) is 0 Å². The van der Waals surface area contributed by atoms with Crippen LogP contribution < -0.4 is 0 Å². The van der Waals surface area contributed by atoms with Gasteiger partial charge in [0.05, 0.1) is 6.61 Å². The quantitative estimate of drug-likeness (QED) is 0.430. The van der Waals surface area contributed by atoms with Crippen LogP contribution in [0.1, 0.15) is 31.7 Å². The number of carbonyl (C=O) groups is 1. The maximum atomic E-state index is 11.2. The summed E-state index contributed by atoms with van der Waals surface area (Å²) in [6.45, 7) is 2.56. The number of epoxide rings is 1. The van der Waals surface area contributed by atoms with Crippen LogP contribution in [0.5, 0.6) is 0 Å². The van der Waals surface area contributed by atoms with Crippen molar-refractivity contribution in [3.63, 3.8) is 0 Å². The monoisotopic (exact) mass is 264 g/mol. The Kier molecular flexibility index (Phi) is 4.80. The van der Waals surface area contributed by atoms with Gasteiger partial charge >= 0.3 is 6.16 Å². The van der Waals surface area contributed by atoms with E-state index in [2.05, 4.69) is 12.1 Å². The van der Waals surface area contributed by atoms with Gasteiger partial charge in [-0.25, -0.2) is 4.79 Å². The molecule has 1 aliphatic rings. The maximum Gasteiger partial charge on any atom is 0.510 e. The largest absolute Gasteiger partial charge is 0.510 e. The van der Waals surface area contributed by atoms with Crippen molar-refractivity contribution < 1.29 is 19.0 Å². The third-order valence-corrected chi connectivity index (χ3v) is 3.11. The van der Waals surface area contributed by atoms with Crippen LogP contribution in [-0.4, -0.2) is 25.2 Å². The van der Waals surface area contributed by atoms with Gasteiger partial charge in [0.2, 0.25) is 5.79 Å². The molecule has 1 aliphatic heterocycles. The molecule has 1 aromatic rings. The summed E-state index contributed by atoms with van der Waals surface area (Å²) in [6, 6.07) is 10.4. The smallest absolute Gasteiger partial charge is 0.435 e. The summed E-state index contributed by atoms with van der Waals surface area (Å²) in [6.07, 6.45) is 3.16. The van der Waals surface area contributed by atoms with Crippen molar-refractivity contribution in [1.82, 2.24) is 0 Å². The first-order valence-corrected chi connectivity index (χ1v) is 6.78. The Balaban J connectivity index is 1.64. The number of rotatable bonds is 7. The normalized spacial score (nSPS) is 20.9. The molecular formula is C15H20O4. The summed E-state index contributed by atoms with van der Waals surface area (Å²) >= 11 is 0. The van der Waals surface area contributed by atoms with Gasteiger partial charge in [-0.05, 0) is 31.7 Å². The predicted molar refractivity (Wildman–Crippen MR) is 70.8 cm³/mol. The molecule has 2 rings (SSSR count). The van der Waals surface area contributed by atoms with E-state index in [9.17, 15) is 4.79 Å². The van der Waals surface area contributed by atoms with E-state index in [1.54, 1.807) is 6.92 Å². The summed E-state index contributed by atoms with van der Waals surface area (Å²) in [5.74, 6) is -0.705. The van der Waals surface area contributed by atoms with E-state index in [-0.39, 0.29) is 0 Å². The molecule has 0 spiro atoms. The first-order chi connectivity index (χ1) is 9.24. The number of benzene rings is 1. The van der Waals surface area contributed by atoms with Crippen LogP contribution in [0.25, 0.3) is 0 Å². The molecule has 0 aromatic heterocycles. The molecule has 1 saturated heterocycles. The second-order valence-corrected chi connectivity index (χ2v) is 4.68. The lowest BCUT2D eigenvalue weighted by Gasteiger charge is -2.12. The van der Waals surface area contributed by atoms with E-state index in [4.69, 9.17) is 14.2 Å². The van der Waals surface area contributed by atoms with Crippen molar-refractivity contribution in [2.24, 2.45) is 0 Å². The fraction of sp³-hybridized carbons (Fsp3) is 0.533. The molecular weight excluding hydrogens is 244 g/mol. The Morgan fingerprint density at radius 3 is 2.68 bits per heavy atom. The maximum absolute atomic E-state index is 11.2. The lowest BCUT2D eigenvalue weighted by molar-refractivity contribution is -0.0380. The molecule has 4 nitrogen and oxygen atoms in total. The molecule has 1 fully saturated rings. The van der Waals surface area contributed by atoms with Gasteiger partial charge in [0.1, 0.15) is 6.61 Å². The fourth-order valence-corrected chi connectivity index (χ4v) is 2.00. The Bertz CT molecular complexity index is 398. The Morgan fingerprint density at radius 1 is 1.32 bits per heavy atom. The van der Waals surface area contributed by atoms with Gasteiger partial charge < -0.3 is 14.2 Å². The van der Waals surface area contributed by atoms with E-state index in [1.165, 1.54) is 5.56 Å². The van der Waals surface area contributed by atoms with Gasteiger partial charge in [0.15, 0.2) is 0 Å². The molecule has 1 heterocycles. The summed E-state index contributed by atoms with van der Waals surface area (Å²) in [7, 11) is 0. The minimum atomic E-state index is -0.705. The van der Waals surface area contributed by atoms with Crippen LogP contribution in [-0.2, 0) is 20.6 Å². The van der Waals surface area contributed by atoms with Gasteiger partial charge in [-0.15, -0.1) is 0 Å². The molecule has 104 valence electrons. The zero-order valence-corrected chi connectivity index (χ0v) is 11.3. The first-order valence-electron chi connectivity index (χ1n) is 6.78. The highest BCUT2D eigenvalue weighted by Crippen LogP contribution is 2.34. The molecule has 1 aromatic carbocycles. The molecule has 0 aliphatic carbocycles. The lowest BCUT2D eigenvalue weighted by Crippen LogP contribution is -2.22. The number of hydrogen-bond donors (Lipinski definition) is 0. The summed E-state index contributed by atoms with van der Waals surface area (Å²) < 4.78 is 15.2. The third kappa shape index (κ3) is 4.56. The molecule has 0 radical (unpaired) electrons. The summed E-state index contributed by atoms with van der Waals surface area (Å²) in [4.78, 5) is 11.2. The molecule has 0 bridgehead atoms. The van der Waals surface area contributed by atoms with E-state index < -0.39 is 11.9 Å². The average Bonchev–Trinajstić information content (AvgIpc) is 3.16. The van der Waals surface area contributed by atoms with Gasteiger partial charge in [-0.2, -0.15) is 0 Å². The highest BCUT2D eigenvalue weighted by Gasteiger charge is 2.49. The summed E-state index contributed by atoms with van der Waals surface area (Å²) in [5.41, 5.74) is 1.33. The van der Waals surface area contributed by atoms with Crippen molar-refractivity contribution in [2.45, 2.75) is 38.4 Å². The zero-order chi connectivity index (χ0) is 13.6. The third-order valence-electron chi connectivity index (χ3n) is 3.11. The lowest BCUT2D eigenvalue weighted by atomic mass is 10.1. The van der Waals surface area contributed by atoms with Crippen LogP contribution in [0.4, 0.5) is 4.79 Å². The van der Waals surface area contributed by atoms with E-state index in [1.807, 2.05) is 18.2 Å². The van der Waals surface area contributed by atoms with Crippen LogP contribution >= 0.6 is 0 Å². The molecule has 1 unspecified atom stereocenters. The Morgan fingerprint density at radius 2 is 2.05 bits per heavy atom. The minimum absolute atomic E-state index is 0.322. The SMILES string of the molecule is CCOC(=O)OC1(CCCCc2ccccc2)CO1. The summed E-state index contributed by atoms with van der Waals surface area (Å²) in [5, 5.41) is 0. The molecule has 4 heteroatoms. The molecule has 19 heavy (non-hydrogen) atoms. The molecule has 1 atom stereocenters. The highest BCUT2D eigenvalue weighted by molar-refractivity contribution is 5.60. The van der Waals surface area contributed by atoms with Crippen molar-refractivity contribution in [3.8, 4) is 0 Å². The van der Waals surface area contributed by atoms with Crippen LogP contribution in [0.3, 0.4) is 0 Å². The second kappa shape index (κ2) is 6.57. The number of carbonyl (C=O) groups excluding carboxylic acids is 1. The van der Waals surface area contributed by atoms with E-state index in [0.717, 1.165) is 25.7 Å². The molecule has 0 amide bonds. The van der Waals surface area contributed by atoms with Gasteiger partial charge in [-0.3, -0.25) is 0 Å². The Hall–Kier alpha value is -1.55. The topological polar surface area (TPSA) is 48.1 Å². The number of aryl methyl sites for hydroxylation is 1. The van der Waals surface area contributed by atoms with Crippen molar-refractivity contribution in [1.29, 1.82) is 0 Å². The van der Waals surface area contributed by atoms with Gasteiger partial charge in [-0.1, -0.05) is 30.3 Å². The predicted octanol–water partition coefficient (Wildman–Crippen LogP) is 3.30. The second-order valence-electron chi connectivity index (χ2n) is 4.68. The van der Waals surface area contributed by atoms with Crippen LogP contribution in [0, 0.1) is 0 Å². The molecule has 0 saturated carbocycles. The van der Waals surface area contributed by atoms with E-state index >= 15 is 0 Å². The van der Waals surface area contributed by atoms with E-state index in [0.29, 0.717) is 13.2 Å². The van der Waals surface area contributed by atoms with Crippen LogP contribution in [0.15, 0.2) is 30.3 Å². The minimum Gasteiger partial charge on any atom is -0.435 e. The first kappa shape index (κ1) is 13.9. The average molecular weight is 264 g/mol. The Labute approximate surface area is 113 Å². The standard InChI is InChI=1S/C15H20O4/c1-2-17-14(16)19-15(12-18-15)11-7-6-10-13-8-4-3-5-9-13/h3-5,8-9H,2,6-7,10-12H2,1H3.